The fourth-order valence-corrected chi connectivity index (χ4v) is 1.77. The number of nitrogens with zero attached hydrogens (tertiary/aromatic N) is 1. The van der Waals surface area contributed by atoms with Gasteiger partial charge in [0.2, 0.25) is 0 Å². The molecular formula is C10H10N2O3. The standard InChI is InChI=1S/C10H10N2O3/c1-15-10(14)7-2-3-11-9-8(7)6(5-13)4-12-9/h2-5,8-9,12H,1H3. The van der Waals surface area contributed by atoms with Crippen LogP contribution in [0.5, 0.6) is 0 Å². The molecule has 0 spiro atoms. The van der Waals surface area contributed by atoms with E-state index in [0.29, 0.717) is 11.1 Å². The number of nitrogens with one attached hydrogen (secondary N) is 1. The number of dihydropyridines is 1. The molecule has 5 nitrogen and oxygen atoms in total. The lowest BCUT2D eigenvalue weighted by Gasteiger charge is -2.21. The van der Waals surface area contributed by atoms with Gasteiger partial charge < -0.3 is 10.1 Å². The average molecular weight is 206 g/mol. The van der Waals surface area contributed by atoms with Crippen molar-refractivity contribution in [2.45, 2.75) is 6.17 Å². The molecule has 2 aliphatic heterocycles. The van der Waals surface area contributed by atoms with Gasteiger partial charge in [-0.05, 0) is 6.08 Å². The molecule has 2 heterocycles. The summed E-state index contributed by atoms with van der Waals surface area (Å²) in [6.07, 6.45) is 5.18. The molecular weight excluding hydrogens is 196 g/mol. The topological polar surface area (TPSA) is 67.8 Å². The van der Waals surface area contributed by atoms with Gasteiger partial charge in [0.1, 0.15) is 12.5 Å². The Morgan fingerprint density at radius 3 is 3.13 bits per heavy atom. The highest BCUT2D eigenvalue weighted by molar-refractivity contribution is 5.97. The van der Waals surface area contributed by atoms with Crippen molar-refractivity contribution in [1.29, 1.82) is 0 Å². The predicted octanol–water partition coefficient (Wildman–Crippen LogP) is -0.202. The minimum absolute atomic E-state index is 0.260. The lowest BCUT2D eigenvalue weighted by atomic mass is 9.90. The van der Waals surface area contributed by atoms with Gasteiger partial charge in [-0.25, -0.2) is 4.79 Å². The molecule has 2 rings (SSSR count). The third-order valence-corrected chi connectivity index (χ3v) is 2.49. The molecule has 0 amide bonds. The van der Waals surface area contributed by atoms with E-state index >= 15 is 0 Å². The predicted molar refractivity (Wildman–Crippen MR) is 53.2 cm³/mol. The van der Waals surface area contributed by atoms with Crippen LogP contribution in [0.3, 0.4) is 0 Å². The van der Waals surface area contributed by atoms with E-state index in [9.17, 15) is 9.59 Å². The largest absolute Gasteiger partial charge is 0.466 e. The van der Waals surface area contributed by atoms with Crippen LogP contribution in [-0.2, 0) is 14.3 Å². The van der Waals surface area contributed by atoms with Crippen molar-refractivity contribution in [3.8, 4) is 0 Å². The number of methoxy groups -OCH3 is 1. The molecule has 0 radical (unpaired) electrons. The van der Waals surface area contributed by atoms with E-state index in [2.05, 4.69) is 15.0 Å². The summed E-state index contributed by atoms with van der Waals surface area (Å²) in [7, 11) is 1.32. The molecule has 1 N–H and O–H groups in total. The molecule has 0 fully saturated rings. The molecule has 0 aliphatic carbocycles. The Bertz CT molecular complexity index is 395. The SMILES string of the molecule is COC(=O)C1=CC=NC2NC=C(C=O)C12. The van der Waals surface area contributed by atoms with Crippen LogP contribution in [0.15, 0.2) is 28.4 Å². The number of ether oxygens (including phenoxy) is 1. The van der Waals surface area contributed by atoms with Crippen molar-refractivity contribution in [2.75, 3.05) is 7.11 Å². The highest BCUT2D eigenvalue weighted by atomic mass is 16.5. The zero-order valence-electron chi connectivity index (χ0n) is 8.14. The van der Waals surface area contributed by atoms with E-state index in [0.717, 1.165) is 6.29 Å². The van der Waals surface area contributed by atoms with Crippen LogP contribution in [0, 0.1) is 5.92 Å². The first-order valence-corrected chi connectivity index (χ1v) is 4.51. The van der Waals surface area contributed by atoms with Gasteiger partial charge in [0.15, 0.2) is 0 Å². The highest BCUT2D eigenvalue weighted by Crippen LogP contribution is 2.30. The summed E-state index contributed by atoms with van der Waals surface area (Å²) < 4.78 is 4.65. The van der Waals surface area contributed by atoms with Crippen LogP contribution < -0.4 is 5.32 Å². The van der Waals surface area contributed by atoms with Gasteiger partial charge in [-0.3, -0.25) is 9.79 Å². The normalized spacial score (nSPS) is 27.3. The maximum Gasteiger partial charge on any atom is 0.334 e. The van der Waals surface area contributed by atoms with E-state index in [4.69, 9.17) is 0 Å². The number of carbonyl (C=O) groups is 2. The first-order chi connectivity index (χ1) is 7.27. The Hall–Kier alpha value is -1.91. The van der Waals surface area contributed by atoms with Gasteiger partial charge in [0, 0.05) is 18.0 Å². The van der Waals surface area contributed by atoms with Crippen LogP contribution >= 0.6 is 0 Å². The molecule has 0 saturated carbocycles. The summed E-state index contributed by atoms with van der Waals surface area (Å²) in [4.78, 5) is 26.4. The zero-order valence-corrected chi connectivity index (χ0v) is 8.14. The summed E-state index contributed by atoms with van der Waals surface area (Å²) >= 11 is 0. The minimum atomic E-state index is -0.424. The molecule has 78 valence electrons. The summed E-state index contributed by atoms with van der Waals surface area (Å²) in [5.41, 5.74) is 0.981. The van der Waals surface area contributed by atoms with Gasteiger partial charge in [-0.2, -0.15) is 0 Å². The molecule has 5 heteroatoms. The van der Waals surface area contributed by atoms with Gasteiger partial charge in [0.25, 0.3) is 0 Å². The smallest absolute Gasteiger partial charge is 0.334 e. The Kier molecular flexibility index (Phi) is 2.37. The molecule has 0 aromatic heterocycles. The second-order valence-electron chi connectivity index (χ2n) is 3.26. The second-order valence-corrected chi connectivity index (χ2v) is 3.26. The fraction of sp³-hybridized carbons (Fsp3) is 0.300. The van der Waals surface area contributed by atoms with Gasteiger partial charge in [-0.1, -0.05) is 0 Å². The fourth-order valence-electron chi connectivity index (χ4n) is 1.77. The summed E-state index contributed by atoms with van der Waals surface area (Å²) in [6.45, 7) is 0. The highest BCUT2D eigenvalue weighted by Gasteiger charge is 2.36. The second kappa shape index (κ2) is 3.68. The monoisotopic (exact) mass is 206 g/mol. The van der Waals surface area contributed by atoms with E-state index < -0.39 is 5.97 Å². The molecule has 2 atom stereocenters. The number of esters is 1. The van der Waals surface area contributed by atoms with Crippen LogP contribution in [-0.4, -0.2) is 31.7 Å². The minimum Gasteiger partial charge on any atom is -0.466 e. The summed E-state index contributed by atoms with van der Waals surface area (Å²) in [5, 5.41) is 2.93. The number of aldehydes is 1. The Morgan fingerprint density at radius 2 is 2.47 bits per heavy atom. The van der Waals surface area contributed by atoms with Crippen LogP contribution in [0.2, 0.25) is 0 Å². The Balaban J connectivity index is 2.34. The number of carbonyl (C=O) groups excluding carboxylic acids is 2. The van der Waals surface area contributed by atoms with Crippen LogP contribution in [0.25, 0.3) is 0 Å². The molecule has 0 aromatic carbocycles. The molecule has 15 heavy (non-hydrogen) atoms. The summed E-state index contributed by atoms with van der Waals surface area (Å²) in [6, 6.07) is 0. The van der Waals surface area contributed by atoms with Crippen molar-refractivity contribution in [1.82, 2.24) is 5.32 Å². The number of fused-ring (bicyclic) bond motifs is 1. The Labute approximate surface area is 86.5 Å². The third-order valence-electron chi connectivity index (χ3n) is 2.49. The first kappa shape index (κ1) is 9.64. The molecule has 0 bridgehead atoms. The number of aliphatic imine (C=N–C) groups is 1. The number of rotatable bonds is 2. The first-order valence-electron chi connectivity index (χ1n) is 4.51. The molecule has 0 aromatic rings. The van der Waals surface area contributed by atoms with E-state index in [1.807, 2.05) is 0 Å². The lowest BCUT2D eigenvalue weighted by Crippen LogP contribution is -2.32. The van der Waals surface area contributed by atoms with Crippen molar-refractivity contribution in [2.24, 2.45) is 10.9 Å². The van der Waals surface area contributed by atoms with E-state index in [1.165, 1.54) is 7.11 Å². The summed E-state index contributed by atoms with van der Waals surface area (Å²) in [5.74, 6) is -0.743. The van der Waals surface area contributed by atoms with Gasteiger partial charge >= 0.3 is 5.97 Å². The average Bonchev–Trinajstić information content (AvgIpc) is 2.70. The zero-order chi connectivity index (χ0) is 10.8. The molecule has 2 aliphatic rings. The van der Waals surface area contributed by atoms with Crippen molar-refractivity contribution in [3.05, 3.63) is 23.4 Å². The van der Waals surface area contributed by atoms with Gasteiger partial charge in [-0.15, -0.1) is 0 Å². The van der Waals surface area contributed by atoms with Crippen molar-refractivity contribution < 1.29 is 14.3 Å². The van der Waals surface area contributed by atoms with Crippen molar-refractivity contribution >= 4 is 18.5 Å². The Morgan fingerprint density at radius 1 is 1.67 bits per heavy atom. The quantitative estimate of drug-likeness (QED) is 0.502. The van der Waals surface area contributed by atoms with E-state index in [-0.39, 0.29) is 12.1 Å². The number of hydrogen-bond donors (Lipinski definition) is 1. The van der Waals surface area contributed by atoms with Gasteiger partial charge in [0.05, 0.1) is 18.6 Å². The third kappa shape index (κ3) is 1.45. The molecule has 0 saturated heterocycles. The molecule has 2 unspecified atom stereocenters. The van der Waals surface area contributed by atoms with Crippen LogP contribution in [0.4, 0.5) is 0 Å². The maximum absolute atomic E-state index is 11.4. The van der Waals surface area contributed by atoms with Crippen LogP contribution in [0.1, 0.15) is 0 Å². The number of allylic oxidation sites excluding steroid dienone is 1. The van der Waals surface area contributed by atoms with Crippen molar-refractivity contribution in [3.63, 3.8) is 0 Å². The van der Waals surface area contributed by atoms with E-state index in [1.54, 1.807) is 18.5 Å². The maximum atomic E-state index is 11.4. The number of hydrogen-bond acceptors (Lipinski definition) is 5. The lowest BCUT2D eigenvalue weighted by molar-refractivity contribution is -0.136.